The molecule has 0 unspecified atom stereocenters. The third-order valence-corrected chi connectivity index (χ3v) is 4.83. The van der Waals surface area contributed by atoms with Crippen LogP contribution in [-0.4, -0.2) is 10.9 Å². The molecule has 0 radical (unpaired) electrons. The number of aromatic nitrogens is 1. The van der Waals surface area contributed by atoms with Gasteiger partial charge in [-0.25, -0.2) is 4.98 Å². The van der Waals surface area contributed by atoms with Crippen molar-refractivity contribution < 1.29 is 4.79 Å². The SMILES string of the molecule is CC(C)c1ccc(/C=C(\C#N)C(=O)Nc2nc(-c3ccccc3)cs2)cc1. The monoisotopic (exact) mass is 373 g/mol. The zero-order valence-electron chi connectivity index (χ0n) is 15.1. The lowest BCUT2D eigenvalue weighted by Gasteiger charge is -2.05. The summed E-state index contributed by atoms with van der Waals surface area (Å²) >= 11 is 1.33. The summed E-state index contributed by atoms with van der Waals surface area (Å²) in [5, 5.41) is 14.4. The van der Waals surface area contributed by atoms with Gasteiger partial charge in [0.15, 0.2) is 5.13 Å². The Morgan fingerprint density at radius 1 is 1.15 bits per heavy atom. The average molecular weight is 373 g/mol. The van der Waals surface area contributed by atoms with Gasteiger partial charge in [0.25, 0.3) is 5.91 Å². The van der Waals surface area contributed by atoms with Crippen LogP contribution in [0.15, 0.2) is 65.6 Å². The van der Waals surface area contributed by atoms with E-state index in [1.165, 1.54) is 16.9 Å². The van der Waals surface area contributed by atoms with Crippen LogP contribution in [0.1, 0.15) is 30.9 Å². The standard InChI is InChI=1S/C22H19N3OS/c1-15(2)17-10-8-16(9-11-17)12-19(13-23)21(26)25-22-24-20(14-27-22)18-6-4-3-5-7-18/h3-12,14-15H,1-2H3,(H,24,25,26)/b19-12+. The minimum Gasteiger partial charge on any atom is -0.297 e. The van der Waals surface area contributed by atoms with Gasteiger partial charge >= 0.3 is 0 Å². The van der Waals surface area contributed by atoms with Crippen molar-refractivity contribution in [2.24, 2.45) is 0 Å². The zero-order valence-corrected chi connectivity index (χ0v) is 16.0. The van der Waals surface area contributed by atoms with Gasteiger partial charge in [-0.1, -0.05) is 68.4 Å². The van der Waals surface area contributed by atoms with Crippen LogP contribution in [0.5, 0.6) is 0 Å². The van der Waals surface area contributed by atoms with E-state index in [1.807, 2.05) is 66.0 Å². The number of anilines is 1. The number of rotatable bonds is 5. The molecule has 0 fully saturated rings. The number of nitriles is 1. The first-order valence-electron chi connectivity index (χ1n) is 8.61. The van der Waals surface area contributed by atoms with Crippen LogP contribution < -0.4 is 5.32 Å². The van der Waals surface area contributed by atoms with Crippen molar-refractivity contribution in [1.29, 1.82) is 5.26 Å². The quantitative estimate of drug-likeness (QED) is 0.476. The Labute approximate surface area is 162 Å². The van der Waals surface area contributed by atoms with Crippen molar-refractivity contribution >= 4 is 28.5 Å². The Bertz CT molecular complexity index is 996. The molecule has 1 amide bonds. The molecule has 0 aliphatic rings. The third kappa shape index (κ3) is 4.69. The van der Waals surface area contributed by atoms with Gasteiger partial charge in [-0.15, -0.1) is 11.3 Å². The fourth-order valence-corrected chi connectivity index (χ4v) is 3.24. The molecule has 0 aliphatic heterocycles. The average Bonchev–Trinajstić information content (AvgIpc) is 3.15. The Kier molecular flexibility index (Phi) is 5.80. The Hall–Kier alpha value is -3.23. The summed E-state index contributed by atoms with van der Waals surface area (Å²) < 4.78 is 0. The minimum absolute atomic E-state index is 0.0451. The van der Waals surface area contributed by atoms with Gasteiger partial charge in [-0.2, -0.15) is 5.26 Å². The fraction of sp³-hybridized carbons (Fsp3) is 0.136. The highest BCUT2D eigenvalue weighted by Crippen LogP contribution is 2.25. The predicted molar refractivity (Wildman–Crippen MR) is 110 cm³/mol. The summed E-state index contributed by atoms with van der Waals surface area (Å²) in [7, 11) is 0. The predicted octanol–water partition coefficient (Wildman–Crippen LogP) is 5.48. The molecule has 2 aromatic carbocycles. The molecule has 0 atom stereocenters. The molecule has 4 nitrogen and oxygen atoms in total. The van der Waals surface area contributed by atoms with E-state index in [0.29, 0.717) is 11.0 Å². The molecular formula is C22H19N3OS. The van der Waals surface area contributed by atoms with Gasteiger partial charge in [0, 0.05) is 10.9 Å². The Morgan fingerprint density at radius 2 is 1.85 bits per heavy atom. The summed E-state index contributed by atoms with van der Waals surface area (Å²) in [6.07, 6.45) is 1.59. The molecule has 3 rings (SSSR count). The van der Waals surface area contributed by atoms with E-state index in [9.17, 15) is 10.1 Å². The normalized spacial score (nSPS) is 11.3. The number of hydrogen-bond donors (Lipinski definition) is 1. The van der Waals surface area contributed by atoms with E-state index in [-0.39, 0.29) is 5.57 Å². The second kappa shape index (κ2) is 8.43. The topological polar surface area (TPSA) is 65.8 Å². The van der Waals surface area contributed by atoms with Crippen LogP contribution in [0.2, 0.25) is 0 Å². The summed E-state index contributed by atoms with van der Waals surface area (Å²) in [6, 6.07) is 19.6. The van der Waals surface area contributed by atoms with Gasteiger partial charge in [0.2, 0.25) is 0 Å². The Morgan fingerprint density at radius 3 is 2.48 bits per heavy atom. The lowest BCUT2D eigenvalue weighted by atomic mass is 10.0. The van der Waals surface area contributed by atoms with Gasteiger partial charge in [-0.3, -0.25) is 10.1 Å². The zero-order chi connectivity index (χ0) is 19.2. The van der Waals surface area contributed by atoms with Gasteiger partial charge < -0.3 is 0 Å². The maximum Gasteiger partial charge on any atom is 0.268 e. The highest BCUT2D eigenvalue weighted by atomic mass is 32.1. The number of carbonyl (C=O) groups excluding carboxylic acids is 1. The first-order valence-corrected chi connectivity index (χ1v) is 9.49. The van der Waals surface area contributed by atoms with Crippen LogP contribution in [0, 0.1) is 11.3 Å². The number of nitrogens with one attached hydrogen (secondary N) is 1. The van der Waals surface area contributed by atoms with E-state index in [4.69, 9.17) is 0 Å². The maximum atomic E-state index is 12.4. The second-order valence-corrected chi connectivity index (χ2v) is 7.21. The lowest BCUT2D eigenvalue weighted by molar-refractivity contribution is -0.112. The van der Waals surface area contributed by atoms with E-state index >= 15 is 0 Å². The van der Waals surface area contributed by atoms with Crippen LogP contribution >= 0.6 is 11.3 Å². The van der Waals surface area contributed by atoms with Crippen molar-refractivity contribution in [2.45, 2.75) is 19.8 Å². The minimum atomic E-state index is -0.459. The van der Waals surface area contributed by atoms with Crippen LogP contribution in [0.25, 0.3) is 17.3 Å². The summed E-state index contributed by atoms with van der Waals surface area (Å²) in [6.45, 7) is 4.24. The number of carbonyl (C=O) groups is 1. The molecule has 3 aromatic rings. The molecule has 27 heavy (non-hydrogen) atoms. The van der Waals surface area contributed by atoms with E-state index in [0.717, 1.165) is 16.8 Å². The van der Waals surface area contributed by atoms with E-state index < -0.39 is 5.91 Å². The van der Waals surface area contributed by atoms with Crippen molar-refractivity contribution in [1.82, 2.24) is 4.98 Å². The molecule has 0 saturated heterocycles. The molecule has 1 heterocycles. The van der Waals surface area contributed by atoms with E-state index in [2.05, 4.69) is 24.1 Å². The van der Waals surface area contributed by atoms with Crippen molar-refractivity contribution in [3.05, 3.63) is 76.7 Å². The Balaban J connectivity index is 1.74. The number of thiazole rings is 1. The number of amides is 1. The third-order valence-electron chi connectivity index (χ3n) is 4.07. The maximum absolute atomic E-state index is 12.4. The molecule has 134 valence electrons. The van der Waals surface area contributed by atoms with Crippen molar-refractivity contribution in [2.75, 3.05) is 5.32 Å². The van der Waals surface area contributed by atoms with Gasteiger partial charge in [-0.05, 0) is 23.1 Å². The largest absolute Gasteiger partial charge is 0.297 e. The molecule has 0 bridgehead atoms. The van der Waals surface area contributed by atoms with Crippen LogP contribution in [0.4, 0.5) is 5.13 Å². The number of nitrogens with zero attached hydrogens (tertiary/aromatic N) is 2. The second-order valence-electron chi connectivity index (χ2n) is 6.35. The molecule has 1 aromatic heterocycles. The van der Waals surface area contributed by atoms with Crippen LogP contribution in [-0.2, 0) is 4.79 Å². The van der Waals surface area contributed by atoms with Gasteiger partial charge in [0.05, 0.1) is 5.69 Å². The molecule has 1 N–H and O–H groups in total. The van der Waals surface area contributed by atoms with Crippen molar-refractivity contribution in [3.63, 3.8) is 0 Å². The highest BCUT2D eigenvalue weighted by Gasteiger charge is 2.12. The molecule has 0 spiro atoms. The lowest BCUT2D eigenvalue weighted by Crippen LogP contribution is -2.13. The molecule has 0 saturated carbocycles. The molecular weight excluding hydrogens is 354 g/mol. The smallest absolute Gasteiger partial charge is 0.268 e. The summed E-state index contributed by atoms with van der Waals surface area (Å²) in [4.78, 5) is 16.9. The summed E-state index contributed by atoms with van der Waals surface area (Å²) in [5.74, 6) is -0.0233. The first kappa shape index (κ1) is 18.6. The van der Waals surface area contributed by atoms with Crippen LogP contribution in [0.3, 0.4) is 0 Å². The number of benzene rings is 2. The van der Waals surface area contributed by atoms with Gasteiger partial charge in [0.1, 0.15) is 11.6 Å². The highest BCUT2D eigenvalue weighted by molar-refractivity contribution is 7.14. The molecule has 5 heteroatoms. The first-order chi connectivity index (χ1) is 13.1. The summed E-state index contributed by atoms with van der Waals surface area (Å²) in [5.41, 5.74) is 3.85. The molecule has 0 aliphatic carbocycles. The van der Waals surface area contributed by atoms with Crippen molar-refractivity contribution in [3.8, 4) is 17.3 Å². The van der Waals surface area contributed by atoms with E-state index in [1.54, 1.807) is 6.08 Å². The number of hydrogen-bond acceptors (Lipinski definition) is 4. The fourth-order valence-electron chi connectivity index (χ4n) is 2.53.